The minimum absolute atomic E-state index is 0.0444. The summed E-state index contributed by atoms with van der Waals surface area (Å²) in [5, 5.41) is 18.8. The van der Waals surface area contributed by atoms with E-state index in [-0.39, 0.29) is 11.1 Å². The van der Waals surface area contributed by atoms with E-state index in [0.29, 0.717) is 0 Å². The van der Waals surface area contributed by atoms with Crippen LogP contribution in [-0.2, 0) is 4.79 Å². The Hall–Kier alpha value is -1.79. The van der Waals surface area contributed by atoms with Gasteiger partial charge in [-0.3, -0.25) is 9.59 Å². The van der Waals surface area contributed by atoms with Crippen LogP contribution in [0.15, 0.2) is 18.2 Å². The lowest BCUT2D eigenvalue weighted by molar-refractivity contribution is -0.131. The average Bonchev–Trinajstić information content (AvgIpc) is 2.27. The average molecular weight is 241 g/mol. The van der Waals surface area contributed by atoms with Gasteiger partial charge in [-0.05, 0) is 24.6 Å². The molecule has 0 saturated carbocycles. The Labute approximate surface area is 96.7 Å². The first-order valence-corrected chi connectivity index (χ1v) is 4.80. The standard InChI is InChI=1S/C11H12FNO4/c1-5(14)7-4-6(2-3-8(7)12)9(15)10(16)11(13)17/h2-4,9-10,15-16H,1H3,(H2,13,17). The number of primary amides is 1. The molecule has 6 heteroatoms. The fourth-order valence-electron chi connectivity index (χ4n) is 1.33. The van der Waals surface area contributed by atoms with Crippen molar-refractivity contribution in [1.29, 1.82) is 0 Å². The zero-order valence-corrected chi connectivity index (χ0v) is 9.05. The molecule has 92 valence electrons. The number of ketones is 1. The van der Waals surface area contributed by atoms with Gasteiger partial charge in [0.15, 0.2) is 11.9 Å². The molecule has 2 atom stereocenters. The largest absolute Gasteiger partial charge is 0.385 e. The second-order valence-corrected chi connectivity index (χ2v) is 3.59. The van der Waals surface area contributed by atoms with Crippen molar-refractivity contribution in [3.63, 3.8) is 0 Å². The van der Waals surface area contributed by atoms with Gasteiger partial charge in [0.2, 0.25) is 5.91 Å². The van der Waals surface area contributed by atoms with Crippen molar-refractivity contribution < 1.29 is 24.2 Å². The fraction of sp³-hybridized carbons (Fsp3) is 0.273. The fourth-order valence-corrected chi connectivity index (χ4v) is 1.33. The maximum absolute atomic E-state index is 13.2. The molecule has 1 amide bonds. The topological polar surface area (TPSA) is 101 Å². The molecule has 0 aliphatic rings. The SMILES string of the molecule is CC(=O)c1cc(C(O)C(O)C(N)=O)ccc1F. The van der Waals surface area contributed by atoms with Crippen LogP contribution in [-0.4, -0.2) is 28.0 Å². The van der Waals surface area contributed by atoms with Crippen LogP contribution in [0.2, 0.25) is 0 Å². The minimum Gasteiger partial charge on any atom is -0.385 e. The van der Waals surface area contributed by atoms with Crippen molar-refractivity contribution in [2.24, 2.45) is 5.73 Å². The third-order valence-electron chi connectivity index (χ3n) is 2.30. The molecular formula is C11H12FNO4. The molecule has 0 aliphatic heterocycles. The molecule has 5 nitrogen and oxygen atoms in total. The van der Waals surface area contributed by atoms with E-state index >= 15 is 0 Å². The van der Waals surface area contributed by atoms with Gasteiger partial charge in [0.1, 0.15) is 11.9 Å². The van der Waals surface area contributed by atoms with E-state index < -0.39 is 29.7 Å². The van der Waals surface area contributed by atoms with Crippen LogP contribution in [0.3, 0.4) is 0 Å². The number of amides is 1. The van der Waals surface area contributed by atoms with Crippen molar-refractivity contribution in [1.82, 2.24) is 0 Å². The van der Waals surface area contributed by atoms with Crippen molar-refractivity contribution >= 4 is 11.7 Å². The van der Waals surface area contributed by atoms with Gasteiger partial charge < -0.3 is 15.9 Å². The lowest BCUT2D eigenvalue weighted by Gasteiger charge is -2.15. The number of hydrogen-bond acceptors (Lipinski definition) is 4. The van der Waals surface area contributed by atoms with Crippen molar-refractivity contribution in [3.05, 3.63) is 35.1 Å². The Morgan fingerprint density at radius 2 is 1.94 bits per heavy atom. The maximum atomic E-state index is 13.2. The molecule has 1 rings (SSSR count). The molecule has 1 aromatic carbocycles. The normalized spacial score (nSPS) is 14.1. The highest BCUT2D eigenvalue weighted by atomic mass is 19.1. The molecule has 0 saturated heterocycles. The number of benzene rings is 1. The zero-order chi connectivity index (χ0) is 13.2. The smallest absolute Gasteiger partial charge is 0.249 e. The number of Topliss-reactive ketones (excluding diaryl/α,β-unsaturated/α-hetero) is 1. The second-order valence-electron chi connectivity index (χ2n) is 3.59. The van der Waals surface area contributed by atoms with Crippen molar-refractivity contribution in [2.45, 2.75) is 19.1 Å². The van der Waals surface area contributed by atoms with E-state index in [1.165, 1.54) is 13.0 Å². The molecule has 0 fully saturated rings. The van der Waals surface area contributed by atoms with Crippen LogP contribution in [0.1, 0.15) is 28.9 Å². The monoisotopic (exact) mass is 241 g/mol. The number of aliphatic hydroxyl groups is 2. The molecular weight excluding hydrogens is 229 g/mol. The summed E-state index contributed by atoms with van der Waals surface area (Å²) in [5.41, 5.74) is 4.63. The van der Waals surface area contributed by atoms with Crippen LogP contribution >= 0.6 is 0 Å². The number of aliphatic hydroxyl groups excluding tert-OH is 2. The number of nitrogens with two attached hydrogens (primary N) is 1. The van der Waals surface area contributed by atoms with Gasteiger partial charge in [-0.25, -0.2) is 4.39 Å². The Balaban J connectivity index is 3.11. The highest BCUT2D eigenvalue weighted by Crippen LogP contribution is 2.20. The van der Waals surface area contributed by atoms with Gasteiger partial charge in [-0.1, -0.05) is 6.07 Å². The number of halogens is 1. The summed E-state index contributed by atoms with van der Waals surface area (Å²) < 4.78 is 13.2. The molecule has 4 N–H and O–H groups in total. The number of hydrogen-bond donors (Lipinski definition) is 3. The van der Waals surface area contributed by atoms with E-state index in [2.05, 4.69) is 0 Å². The van der Waals surface area contributed by atoms with Gasteiger partial charge >= 0.3 is 0 Å². The molecule has 1 aromatic rings. The predicted octanol–water partition coefficient (Wildman–Crippen LogP) is -0.0921. The predicted molar refractivity (Wildman–Crippen MR) is 56.6 cm³/mol. The lowest BCUT2D eigenvalue weighted by Crippen LogP contribution is -2.33. The molecule has 0 heterocycles. The summed E-state index contributed by atoms with van der Waals surface area (Å²) >= 11 is 0. The van der Waals surface area contributed by atoms with Crippen LogP contribution in [0.4, 0.5) is 4.39 Å². The summed E-state index contributed by atoms with van der Waals surface area (Å²) in [4.78, 5) is 21.7. The van der Waals surface area contributed by atoms with E-state index in [1.54, 1.807) is 0 Å². The van der Waals surface area contributed by atoms with Gasteiger partial charge in [-0.2, -0.15) is 0 Å². The van der Waals surface area contributed by atoms with Gasteiger partial charge in [0.05, 0.1) is 5.56 Å². The third-order valence-corrected chi connectivity index (χ3v) is 2.30. The van der Waals surface area contributed by atoms with Crippen LogP contribution in [0.5, 0.6) is 0 Å². The Morgan fingerprint density at radius 1 is 1.35 bits per heavy atom. The zero-order valence-electron chi connectivity index (χ0n) is 9.05. The van der Waals surface area contributed by atoms with E-state index in [1.807, 2.05) is 0 Å². The Morgan fingerprint density at radius 3 is 2.41 bits per heavy atom. The summed E-state index contributed by atoms with van der Waals surface area (Å²) in [6, 6.07) is 3.22. The number of rotatable bonds is 4. The van der Waals surface area contributed by atoms with E-state index in [9.17, 15) is 24.2 Å². The molecule has 0 aromatic heterocycles. The Bertz CT molecular complexity index is 461. The third kappa shape index (κ3) is 2.86. The first-order chi connectivity index (χ1) is 7.84. The maximum Gasteiger partial charge on any atom is 0.249 e. The summed E-state index contributed by atoms with van der Waals surface area (Å²) in [7, 11) is 0. The molecule has 17 heavy (non-hydrogen) atoms. The van der Waals surface area contributed by atoms with Gasteiger partial charge in [0, 0.05) is 0 Å². The highest BCUT2D eigenvalue weighted by molar-refractivity contribution is 5.94. The van der Waals surface area contributed by atoms with Crippen LogP contribution < -0.4 is 5.73 Å². The summed E-state index contributed by atoms with van der Waals surface area (Å²) in [6.45, 7) is 1.17. The van der Waals surface area contributed by atoms with Gasteiger partial charge in [-0.15, -0.1) is 0 Å². The summed E-state index contributed by atoms with van der Waals surface area (Å²) in [6.07, 6.45) is -3.40. The van der Waals surface area contributed by atoms with Crippen molar-refractivity contribution in [2.75, 3.05) is 0 Å². The molecule has 0 aliphatic carbocycles. The number of carbonyl (C=O) groups is 2. The minimum atomic E-state index is -1.81. The van der Waals surface area contributed by atoms with Gasteiger partial charge in [0.25, 0.3) is 0 Å². The molecule has 0 bridgehead atoms. The first kappa shape index (κ1) is 13.3. The molecule has 2 unspecified atom stereocenters. The molecule has 0 spiro atoms. The molecule has 0 radical (unpaired) electrons. The van der Waals surface area contributed by atoms with E-state index in [0.717, 1.165) is 12.1 Å². The van der Waals surface area contributed by atoms with Crippen molar-refractivity contribution in [3.8, 4) is 0 Å². The quantitative estimate of drug-likeness (QED) is 0.641. The summed E-state index contributed by atoms with van der Waals surface area (Å²) in [5.74, 6) is -2.36. The second kappa shape index (κ2) is 5.03. The van der Waals surface area contributed by atoms with E-state index in [4.69, 9.17) is 5.73 Å². The Kier molecular flexibility index (Phi) is 3.93. The highest BCUT2D eigenvalue weighted by Gasteiger charge is 2.24. The van der Waals surface area contributed by atoms with Crippen LogP contribution in [0.25, 0.3) is 0 Å². The van der Waals surface area contributed by atoms with Crippen LogP contribution in [0, 0.1) is 5.82 Å². The first-order valence-electron chi connectivity index (χ1n) is 4.80. The number of carbonyl (C=O) groups excluding carboxylic acids is 2. The lowest BCUT2D eigenvalue weighted by atomic mass is 10.00.